The smallest absolute Gasteiger partial charge is 0.390 e. The lowest BCUT2D eigenvalue weighted by atomic mass is 10.1. The highest BCUT2D eigenvalue weighted by Gasteiger charge is 2.43. The average Bonchev–Trinajstić information content (AvgIpc) is 3.54. The van der Waals surface area contributed by atoms with Crippen molar-refractivity contribution in [2.45, 2.75) is 70.0 Å². The van der Waals surface area contributed by atoms with Crippen molar-refractivity contribution in [3.63, 3.8) is 0 Å². The van der Waals surface area contributed by atoms with Crippen LogP contribution in [0.1, 0.15) is 44.5 Å². The Kier molecular flexibility index (Phi) is 7.17. The van der Waals surface area contributed by atoms with Gasteiger partial charge in [0.2, 0.25) is 5.95 Å². The van der Waals surface area contributed by atoms with E-state index in [1.54, 1.807) is 13.8 Å². The van der Waals surface area contributed by atoms with Crippen LogP contribution in [0.15, 0.2) is 22.2 Å². The zero-order valence-electron chi connectivity index (χ0n) is 20.4. The van der Waals surface area contributed by atoms with Crippen LogP contribution < -0.4 is 17.0 Å². The first kappa shape index (κ1) is 26.6. The van der Waals surface area contributed by atoms with E-state index in [2.05, 4.69) is 24.9 Å². The molecule has 0 amide bonds. The number of phosphoric ester groups is 1. The lowest BCUT2D eigenvalue weighted by molar-refractivity contribution is -0.0494. The molecule has 3 aromatic rings. The van der Waals surface area contributed by atoms with Crippen molar-refractivity contribution in [2.24, 2.45) is 0 Å². The summed E-state index contributed by atoms with van der Waals surface area (Å²) in [5.74, 6) is 0.204. The second-order valence-electron chi connectivity index (χ2n) is 8.99. The maximum absolute atomic E-state index is 12.8. The number of aryl methyl sites for hydroxylation is 1. The van der Waals surface area contributed by atoms with Gasteiger partial charge in [-0.1, -0.05) is 6.92 Å². The van der Waals surface area contributed by atoms with Crippen molar-refractivity contribution in [1.29, 1.82) is 0 Å². The molecule has 0 aliphatic carbocycles. The first-order valence-corrected chi connectivity index (χ1v) is 13.3. The van der Waals surface area contributed by atoms with Crippen LogP contribution in [0, 0.1) is 6.92 Å². The quantitative estimate of drug-likeness (QED) is 0.257. The molecule has 0 spiro atoms. The zero-order valence-corrected chi connectivity index (χ0v) is 21.3. The highest BCUT2D eigenvalue weighted by Crippen LogP contribution is 2.49. The van der Waals surface area contributed by atoms with Crippen LogP contribution in [0.3, 0.4) is 0 Å². The van der Waals surface area contributed by atoms with Gasteiger partial charge in [0.1, 0.15) is 30.7 Å². The summed E-state index contributed by atoms with van der Waals surface area (Å²) in [6.07, 6.45) is -1.90. The average molecular weight is 554 g/mol. The molecule has 2 saturated heterocycles. The summed E-state index contributed by atoms with van der Waals surface area (Å²) in [4.78, 5) is 52.9. The number of aliphatic hydroxyl groups excluding tert-OH is 1. The summed E-state index contributed by atoms with van der Waals surface area (Å²) in [6.45, 7) is 2.96. The Morgan fingerprint density at radius 1 is 1.16 bits per heavy atom. The molecule has 7 atom stereocenters. The number of hydrogen-bond donors (Lipinski definition) is 4. The lowest BCUT2D eigenvalue weighted by Gasteiger charge is -2.22. The molecule has 2 aliphatic heterocycles. The van der Waals surface area contributed by atoms with E-state index in [9.17, 15) is 24.2 Å². The number of nitrogen functional groups attached to an aromatic ring is 1. The van der Waals surface area contributed by atoms with Gasteiger partial charge in [-0.3, -0.25) is 23.0 Å². The number of aromatic amines is 1. The maximum Gasteiger partial charge on any atom is 0.472 e. The topological polar surface area (TPSA) is 232 Å². The van der Waals surface area contributed by atoms with E-state index in [4.69, 9.17) is 24.3 Å². The molecule has 3 unspecified atom stereocenters. The molecule has 17 nitrogen and oxygen atoms in total. The van der Waals surface area contributed by atoms with Crippen molar-refractivity contribution in [2.75, 3.05) is 12.3 Å². The Morgan fingerprint density at radius 3 is 2.61 bits per heavy atom. The fraction of sp³-hybridized carbons (Fsp3) is 0.600. The van der Waals surface area contributed by atoms with Gasteiger partial charge in [-0.05, 0) is 13.3 Å². The minimum Gasteiger partial charge on any atom is -0.390 e. The number of aromatic nitrogens is 7. The largest absolute Gasteiger partial charge is 0.472 e. The number of anilines is 1. The lowest BCUT2D eigenvalue weighted by Crippen LogP contribution is -2.28. The summed E-state index contributed by atoms with van der Waals surface area (Å²) in [6, 6.07) is 0. The molecule has 0 radical (unpaired) electrons. The zero-order chi connectivity index (χ0) is 27.2. The van der Waals surface area contributed by atoms with E-state index in [-0.39, 0.29) is 30.0 Å². The number of nitrogens with two attached hydrogens (primary N) is 1. The number of ether oxygens (including phenoxy) is 2. The van der Waals surface area contributed by atoms with Crippen LogP contribution in [0.4, 0.5) is 5.95 Å². The molecule has 5 N–H and O–H groups in total. The van der Waals surface area contributed by atoms with E-state index < -0.39 is 62.6 Å². The molecular formula is C20H27N8O9P. The fourth-order valence-corrected chi connectivity index (χ4v) is 5.51. The van der Waals surface area contributed by atoms with E-state index in [1.165, 1.54) is 17.2 Å². The maximum atomic E-state index is 12.8. The van der Waals surface area contributed by atoms with Crippen LogP contribution in [-0.2, 0) is 23.1 Å². The minimum absolute atomic E-state index is 0.0590. The second kappa shape index (κ2) is 10.3. The number of imidazole rings is 1. The van der Waals surface area contributed by atoms with Crippen molar-refractivity contribution >= 4 is 24.9 Å². The Labute approximate surface area is 214 Å². The summed E-state index contributed by atoms with van der Waals surface area (Å²) >= 11 is 0. The molecular weight excluding hydrogens is 527 g/mol. The van der Waals surface area contributed by atoms with Crippen molar-refractivity contribution in [1.82, 2.24) is 34.1 Å². The molecule has 5 heterocycles. The van der Waals surface area contributed by atoms with Crippen LogP contribution >= 0.6 is 7.82 Å². The summed E-state index contributed by atoms with van der Waals surface area (Å²) < 4.78 is 37.6. The number of fused-ring (bicyclic) bond motifs is 1. The normalized spacial score (nSPS) is 29.2. The number of phosphoric acid groups is 1. The summed E-state index contributed by atoms with van der Waals surface area (Å²) in [5.41, 5.74) is 4.75. The minimum atomic E-state index is -4.63. The standard InChI is InChI=1S/C20H27N8O9P/c1-3-11-12(5-15(35-11)28-8-23-19(21)26-20(28)31)37-38(32,33)34-6-13-10(29)4-14(36-13)27-7-22-16-17(27)24-9(2)25-18(16)30/h7-8,10-15,29H,3-6H2,1-2H3,(H,32,33)(H2,21,26,31)(H,24,25,30)/t10?,11-,12?,13-,14-,15-/m1/s1. The van der Waals surface area contributed by atoms with Gasteiger partial charge in [0, 0.05) is 12.8 Å². The van der Waals surface area contributed by atoms with Gasteiger partial charge in [-0.2, -0.15) is 4.98 Å². The highest BCUT2D eigenvalue weighted by atomic mass is 31.2. The molecule has 2 aliphatic rings. The van der Waals surface area contributed by atoms with Crippen molar-refractivity contribution in [3.8, 4) is 0 Å². The van der Waals surface area contributed by atoms with Crippen LogP contribution in [0.5, 0.6) is 0 Å². The second-order valence-corrected chi connectivity index (χ2v) is 10.4. The Morgan fingerprint density at radius 2 is 1.87 bits per heavy atom. The molecule has 206 valence electrons. The van der Waals surface area contributed by atoms with Gasteiger partial charge in [-0.25, -0.2) is 24.3 Å². The Bertz CT molecular complexity index is 1490. The molecule has 18 heteroatoms. The van der Waals surface area contributed by atoms with Gasteiger partial charge in [0.15, 0.2) is 11.2 Å². The SMILES string of the molecule is CC[C@H]1O[C@@H](n2cnc(N)nc2=O)CC1OP(=O)(O)OC[C@H]1O[C@@H](n2cnc3c(=O)[nH]c(C)nc32)CC1O. The number of aliphatic hydroxyl groups is 1. The molecule has 0 bridgehead atoms. The molecule has 5 rings (SSSR count). The number of nitrogens with one attached hydrogen (secondary N) is 1. The van der Waals surface area contributed by atoms with Crippen molar-refractivity contribution < 1.29 is 33.1 Å². The molecule has 0 saturated carbocycles. The fourth-order valence-electron chi connectivity index (χ4n) is 4.55. The number of nitrogens with zero attached hydrogens (tertiary/aromatic N) is 6. The monoisotopic (exact) mass is 554 g/mol. The van der Waals surface area contributed by atoms with Gasteiger partial charge >= 0.3 is 13.5 Å². The highest BCUT2D eigenvalue weighted by molar-refractivity contribution is 7.47. The molecule has 2 fully saturated rings. The third kappa shape index (κ3) is 5.26. The van der Waals surface area contributed by atoms with E-state index in [1.807, 2.05) is 0 Å². The van der Waals surface area contributed by atoms with Gasteiger partial charge in [-0.15, -0.1) is 0 Å². The first-order valence-electron chi connectivity index (χ1n) is 11.8. The van der Waals surface area contributed by atoms with Gasteiger partial charge < -0.3 is 30.2 Å². The first-order chi connectivity index (χ1) is 18.0. The number of H-pyrrole nitrogens is 1. The van der Waals surface area contributed by atoms with E-state index >= 15 is 0 Å². The number of hydrogen-bond acceptors (Lipinski definition) is 13. The predicted molar refractivity (Wildman–Crippen MR) is 128 cm³/mol. The Balaban J connectivity index is 1.22. The van der Waals surface area contributed by atoms with Crippen LogP contribution in [0.25, 0.3) is 11.2 Å². The Hall–Kier alpha value is -3.05. The van der Waals surface area contributed by atoms with Crippen LogP contribution in [-0.4, -0.2) is 75.1 Å². The molecule has 3 aromatic heterocycles. The molecule has 0 aromatic carbocycles. The third-order valence-electron chi connectivity index (χ3n) is 6.37. The summed E-state index contributed by atoms with van der Waals surface area (Å²) in [7, 11) is -4.63. The number of rotatable bonds is 8. The van der Waals surface area contributed by atoms with Gasteiger partial charge in [0.05, 0.1) is 31.2 Å². The van der Waals surface area contributed by atoms with E-state index in [0.717, 1.165) is 4.57 Å². The predicted octanol–water partition coefficient (Wildman–Crippen LogP) is -0.490. The van der Waals surface area contributed by atoms with Crippen LogP contribution in [0.2, 0.25) is 0 Å². The molecule has 38 heavy (non-hydrogen) atoms. The van der Waals surface area contributed by atoms with E-state index in [0.29, 0.717) is 12.2 Å². The van der Waals surface area contributed by atoms with Gasteiger partial charge in [0.25, 0.3) is 5.56 Å². The van der Waals surface area contributed by atoms with Crippen molar-refractivity contribution in [3.05, 3.63) is 39.3 Å². The summed E-state index contributed by atoms with van der Waals surface area (Å²) in [5, 5.41) is 10.5. The third-order valence-corrected chi connectivity index (χ3v) is 7.39.